The third-order valence-electron chi connectivity index (χ3n) is 5.84. The molecule has 1 atom stereocenters. The lowest BCUT2D eigenvalue weighted by molar-refractivity contribution is -0.123. The first-order valence-corrected chi connectivity index (χ1v) is 14.6. The molecule has 9 nitrogen and oxygen atoms in total. The van der Waals surface area contributed by atoms with Crippen molar-refractivity contribution in [1.82, 2.24) is 14.3 Å². The molecule has 1 amide bonds. The molecule has 1 saturated heterocycles. The van der Waals surface area contributed by atoms with Crippen molar-refractivity contribution in [3.63, 3.8) is 0 Å². The minimum absolute atomic E-state index is 0.125. The molecular formula is C24H33N3O6S2. The number of carbonyl (C=O) groups is 1. The first-order chi connectivity index (χ1) is 16.6. The zero-order chi connectivity index (χ0) is 25.5. The van der Waals surface area contributed by atoms with Crippen LogP contribution in [0.2, 0.25) is 0 Å². The Kier molecular flexibility index (Phi) is 9.28. The number of hydrogen-bond donors (Lipinski definition) is 2. The van der Waals surface area contributed by atoms with Crippen LogP contribution < -0.4 is 14.8 Å². The Balaban J connectivity index is 1.47. The van der Waals surface area contributed by atoms with Gasteiger partial charge in [-0.15, -0.1) is 0 Å². The standard InChI is InChI=1S/C24H33N3O6S2/c1-3-19(2)26-34(29,30)22-13-9-21(10-14-22)33-18-24(28)25-17-20-7-11-23(12-8-20)35(31,32)27-15-5-4-6-16-27/h7-14,19,26H,3-6,15-18H2,1-2H3,(H,25,28). The third-order valence-corrected chi connectivity index (χ3v) is 9.36. The van der Waals surface area contributed by atoms with Gasteiger partial charge in [-0.2, -0.15) is 4.31 Å². The highest BCUT2D eigenvalue weighted by molar-refractivity contribution is 7.89. The maximum absolute atomic E-state index is 12.7. The molecular weight excluding hydrogens is 490 g/mol. The summed E-state index contributed by atoms with van der Waals surface area (Å²) < 4.78 is 59.6. The molecule has 2 N–H and O–H groups in total. The van der Waals surface area contributed by atoms with Crippen LogP contribution in [0, 0.1) is 0 Å². The van der Waals surface area contributed by atoms with Gasteiger partial charge in [0.05, 0.1) is 9.79 Å². The first kappa shape index (κ1) is 27.1. The zero-order valence-corrected chi connectivity index (χ0v) is 21.7. The fourth-order valence-corrected chi connectivity index (χ4v) is 6.41. The summed E-state index contributed by atoms with van der Waals surface area (Å²) in [5, 5.41) is 2.72. The highest BCUT2D eigenvalue weighted by Crippen LogP contribution is 2.21. The summed E-state index contributed by atoms with van der Waals surface area (Å²) in [6.45, 7) is 4.77. The maximum atomic E-state index is 12.7. The van der Waals surface area contributed by atoms with Crippen molar-refractivity contribution >= 4 is 26.0 Å². The van der Waals surface area contributed by atoms with Crippen LogP contribution in [0.4, 0.5) is 0 Å². The van der Waals surface area contributed by atoms with Crippen LogP contribution in [0.15, 0.2) is 58.3 Å². The van der Waals surface area contributed by atoms with Crippen LogP contribution in [0.1, 0.15) is 45.1 Å². The van der Waals surface area contributed by atoms with E-state index in [1.165, 1.54) is 28.6 Å². The molecule has 0 saturated carbocycles. The van der Waals surface area contributed by atoms with Crippen molar-refractivity contribution in [1.29, 1.82) is 0 Å². The van der Waals surface area contributed by atoms with Crippen molar-refractivity contribution in [2.45, 2.75) is 61.9 Å². The Morgan fingerprint density at radius 2 is 1.54 bits per heavy atom. The second-order valence-electron chi connectivity index (χ2n) is 8.58. The number of piperidine rings is 1. The summed E-state index contributed by atoms with van der Waals surface area (Å²) in [5.74, 6) is 0.0139. The van der Waals surface area contributed by atoms with Gasteiger partial charge in [0.1, 0.15) is 5.75 Å². The highest BCUT2D eigenvalue weighted by Gasteiger charge is 2.25. The Labute approximate surface area is 208 Å². The molecule has 3 rings (SSSR count). The molecule has 0 bridgehead atoms. The number of rotatable bonds is 11. The summed E-state index contributed by atoms with van der Waals surface area (Å²) in [5.41, 5.74) is 0.763. The number of nitrogens with zero attached hydrogens (tertiary/aromatic N) is 1. The van der Waals surface area contributed by atoms with Crippen LogP contribution in [-0.2, 0) is 31.4 Å². The summed E-state index contributed by atoms with van der Waals surface area (Å²) in [6.07, 6.45) is 3.49. The zero-order valence-electron chi connectivity index (χ0n) is 20.1. The maximum Gasteiger partial charge on any atom is 0.258 e. The molecule has 1 unspecified atom stereocenters. The smallest absolute Gasteiger partial charge is 0.258 e. The predicted molar refractivity (Wildman–Crippen MR) is 133 cm³/mol. The number of ether oxygens (including phenoxy) is 1. The minimum atomic E-state index is -3.60. The van der Waals surface area contributed by atoms with E-state index in [2.05, 4.69) is 10.0 Å². The molecule has 1 aliphatic rings. The van der Waals surface area contributed by atoms with E-state index in [0.29, 0.717) is 25.3 Å². The summed E-state index contributed by atoms with van der Waals surface area (Å²) in [4.78, 5) is 12.5. The van der Waals surface area contributed by atoms with Gasteiger partial charge in [-0.3, -0.25) is 4.79 Å². The van der Waals surface area contributed by atoms with Gasteiger partial charge >= 0.3 is 0 Å². The van der Waals surface area contributed by atoms with Crippen molar-refractivity contribution in [3.8, 4) is 5.75 Å². The number of benzene rings is 2. The quantitative estimate of drug-likeness (QED) is 0.467. The monoisotopic (exact) mass is 523 g/mol. The summed E-state index contributed by atoms with van der Waals surface area (Å²) in [6, 6.07) is 12.2. The molecule has 0 spiro atoms. The second-order valence-corrected chi connectivity index (χ2v) is 12.2. The summed E-state index contributed by atoms with van der Waals surface area (Å²) >= 11 is 0. The van der Waals surface area contributed by atoms with Crippen molar-refractivity contribution in [2.75, 3.05) is 19.7 Å². The van der Waals surface area contributed by atoms with Crippen LogP contribution in [-0.4, -0.2) is 52.8 Å². The molecule has 0 aromatic heterocycles. The average Bonchev–Trinajstić information content (AvgIpc) is 2.87. The Morgan fingerprint density at radius 3 is 2.14 bits per heavy atom. The number of hydrogen-bond acceptors (Lipinski definition) is 6. The van der Waals surface area contributed by atoms with Gasteiger partial charge in [0, 0.05) is 25.7 Å². The van der Waals surface area contributed by atoms with Crippen molar-refractivity contribution < 1.29 is 26.4 Å². The number of sulfonamides is 2. The number of amides is 1. The Bertz CT molecular complexity index is 1190. The van der Waals surface area contributed by atoms with E-state index in [4.69, 9.17) is 4.74 Å². The predicted octanol–water partition coefficient (Wildman–Crippen LogP) is 2.63. The lowest BCUT2D eigenvalue weighted by atomic mass is 10.2. The molecule has 35 heavy (non-hydrogen) atoms. The van der Waals surface area contributed by atoms with Gasteiger partial charge in [-0.05, 0) is 68.1 Å². The molecule has 1 aliphatic heterocycles. The SMILES string of the molecule is CCC(C)NS(=O)(=O)c1ccc(OCC(=O)NCc2ccc(S(=O)(=O)N3CCCCC3)cc2)cc1. The molecule has 0 aliphatic carbocycles. The van der Waals surface area contributed by atoms with Crippen LogP contribution in [0.3, 0.4) is 0 Å². The third kappa shape index (κ3) is 7.50. The van der Waals surface area contributed by atoms with Gasteiger partial charge < -0.3 is 10.1 Å². The van der Waals surface area contributed by atoms with Crippen molar-refractivity contribution in [3.05, 3.63) is 54.1 Å². The van der Waals surface area contributed by atoms with Crippen LogP contribution in [0.5, 0.6) is 5.75 Å². The Hall–Kier alpha value is -2.47. The largest absolute Gasteiger partial charge is 0.484 e. The van der Waals surface area contributed by atoms with E-state index in [-0.39, 0.29) is 34.9 Å². The topological polar surface area (TPSA) is 122 Å². The molecule has 1 heterocycles. The highest BCUT2D eigenvalue weighted by atomic mass is 32.2. The fraction of sp³-hybridized carbons (Fsp3) is 0.458. The molecule has 0 radical (unpaired) electrons. The first-order valence-electron chi connectivity index (χ1n) is 11.7. The van der Waals surface area contributed by atoms with E-state index >= 15 is 0 Å². The molecule has 1 fully saturated rings. The van der Waals surface area contributed by atoms with Gasteiger partial charge in [0.25, 0.3) is 5.91 Å². The lowest BCUT2D eigenvalue weighted by Crippen LogP contribution is -2.35. The summed E-state index contributed by atoms with van der Waals surface area (Å²) in [7, 11) is -7.09. The number of carbonyl (C=O) groups excluding carboxylic acids is 1. The molecule has 192 valence electrons. The normalized spacial score (nSPS) is 15.9. The van der Waals surface area contributed by atoms with Crippen LogP contribution in [0.25, 0.3) is 0 Å². The van der Waals surface area contributed by atoms with Gasteiger partial charge in [-0.25, -0.2) is 21.6 Å². The molecule has 2 aromatic rings. The van der Waals surface area contributed by atoms with Gasteiger partial charge in [0.15, 0.2) is 6.61 Å². The van der Waals surface area contributed by atoms with Gasteiger partial charge in [-0.1, -0.05) is 25.5 Å². The lowest BCUT2D eigenvalue weighted by Gasteiger charge is -2.25. The van der Waals surface area contributed by atoms with E-state index < -0.39 is 20.0 Å². The second kappa shape index (κ2) is 12.0. The minimum Gasteiger partial charge on any atom is -0.484 e. The van der Waals surface area contributed by atoms with E-state index in [9.17, 15) is 21.6 Å². The van der Waals surface area contributed by atoms with E-state index in [1.807, 2.05) is 6.92 Å². The number of nitrogens with one attached hydrogen (secondary N) is 2. The van der Waals surface area contributed by atoms with E-state index in [0.717, 1.165) is 24.8 Å². The van der Waals surface area contributed by atoms with Crippen molar-refractivity contribution in [2.24, 2.45) is 0 Å². The Morgan fingerprint density at radius 1 is 0.943 bits per heavy atom. The molecule has 11 heteroatoms. The van der Waals surface area contributed by atoms with Crippen LogP contribution >= 0.6 is 0 Å². The average molecular weight is 524 g/mol. The van der Waals surface area contributed by atoms with Gasteiger partial charge in [0.2, 0.25) is 20.0 Å². The van der Waals surface area contributed by atoms with E-state index in [1.54, 1.807) is 31.2 Å². The fourth-order valence-electron chi connectivity index (χ4n) is 3.57. The molecule has 2 aromatic carbocycles.